The average molecular weight is 344 g/mol. The highest BCUT2D eigenvalue weighted by Crippen LogP contribution is 2.25. The lowest BCUT2D eigenvalue weighted by atomic mass is 9.89. The van der Waals surface area contributed by atoms with Crippen molar-refractivity contribution in [2.24, 2.45) is 0 Å². The fourth-order valence-corrected chi connectivity index (χ4v) is 3.49. The minimum absolute atomic E-state index is 0.410. The molecule has 0 amide bonds. The Labute approximate surface area is 150 Å². The Hall–Kier alpha value is -1.35. The first kappa shape index (κ1) is 17.5. The van der Waals surface area contributed by atoms with E-state index in [-0.39, 0.29) is 0 Å². The molecule has 2 aromatic carbocycles. The van der Waals surface area contributed by atoms with Gasteiger partial charge in [0.05, 0.1) is 6.10 Å². The molecule has 2 atom stereocenters. The van der Waals surface area contributed by atoms with Crippen LogP contribution >= 0.6 is 11.6 Å². The van der Waals surface area contributed by atoms with E-state index in [0.717, 1.165) is 37.6 Å². The molecule has 1 N–H and O–H groups in total. The van der Waals surface area contributed by atoms with E-state index in [1.807, 2.05) is 12.1 Å². The number of rotatable bonds is 8. The van der Waals surface area contributed by atoms with Crippen LogP contribution in [0, 0.1) is 0 Å². The molecule has 3 heteroatoms. The van der Waals surface area contributed by atoms with Gasteiger partial charge in [0.25, 0.3) is 0 Å². The summed E-state index contributed by atoms with van der Waals surface area (Å²) < 4.78 is 5.68. The lowest BCUT2D eigenvalue weighted by Crippen LogP contribution is -2.28. The van der Waals surface area contributed by atoms with Gasteiger partial charge in [-0.3, -0.25) is 0 Å². The SMILES string of the molecule is Clc1ccc(C(CCNCC2CCCO2)Cc2ccccc2)cc1. The van der Waals surface area contributed by atoms with Crippen LogP contribution in [0.5, 0.6) is 0 Å². The van der Waals surface area contributed by atoms with Gasteiger partial charge in [-0.1, -0.05) is 54.1 Å². The predicted molar refractivity (Wildman–Crippen MR) is 101 cm³/mol. The molecule has 1 fully saturated rings. The van der Waals surface area contributed by atoms with Crippen molar-refractivity contribution in [3.8, 4) is 0 Å². The van der Waals surface area contributed by atoms with Gasteiger partial charge in [0.15, 0.2) is 0 Å². The van der Waals surface area contributed by atoms with Crippen molar-refractivity contribution in [1.82, 2.24) is 5.32 Å². The van der Waals surface area contributed by atoms with Crippen molar-refractivity contribution >= 4 is 11.6 Å². The lowest BCUT2D eigenvalue weighted by molar-refractivity contribution is 0.110. The van der Waals surface area contributed by atoms with Gasteiger partial charge in [0.2, 0.25) is 0 Å². The fourth-order valence-electron chi connectivity index (χ4n) is 3.36. The molecule has 2 unspecified atom stereocenters. The number of halogens is 1. The van der Waals surface area contributed by atoms with Crippen molar-refractivity contribution < 1.29 is 4.74 Å². The normalized spacial score (nSPS) is 18.6. The van der Waals surface area contributed by atoms with Crippen LogP contribution in [-0.4, -0.2) is 25.8 Å². The van der Waals surface area contributed by atoms with E-state index in [1.165, 1.54) is 24.0 Å². The summed E-state index contributed by atoms with van der Waals surface area (Å²) in [6, 6.07) is 19.0. The van der Waals surface area contributed by atoms with Gasteiger partial charge in [-0.25, -0.2) is 0 Å². The Bertz CT molecular complexity index is 593. The molecule has 0 radical (unpaired) electrons. The van der Waals surface area contributed by atoms with E-state index < -0.39 is 0 Å². The van der Waals surface area contributed by atoms with Crippen LogP contribution in [-0.2, 0) is 11.2 Å². The van der Waals surface area contributed by atoms with Crippen molar-refractivity contribution in [1.29, 1.82) is 0 Å². The molecule has 0 bridgehead atoms. The molecule has 1 aliphatic heterocycles. The van der Waals surface area contributed by atoms with E-state index in [2.05, 4.69) is 47.8 Å². The summed E-state index contributed by atoms with van der Waals surface area (Å²) in [7, 11) is 0. The molecule has 128 valence electrons. The van der Waals surface area contributed by atoms with Crippen molar-refractivity contribution in [2.45, 2.75) is 37.7 Å². The van der Waals surface area contributed by atoms with Gasteiger partial charge in [-0.2, -0.15) is 0 Å². The number of hydrogen-bond donors (Lipinski definition) is 1. The summed E-state index contributed by atoms with van der Waals surface area (Å²) in [6.45, 7) is 2.91. The molecule has 1 aliphatic rings. The minimum Gasteiger partial charge on any atom is -0.377 e. The van der Waals surface area contributed by atoms with Crippen LogP contribution in [0.4, 0.5) is 0 Å². The van der Waals surface area contributed by atoms with Gasteiger partial charge < -0.3 is 10.1 Å². The third kappa shape index (κ3) is 5.34. The van der Waals surface area contributed by atoms with E-state index >= 15 is 0 Å². The minimum atomic E-state index is 0.410. The molecular formula is C21H26ClNO. The lowest BCUT2D eigenvalue weighted by Gasteiger charge is -2.19. The quantitative estimate of drug-likeness (QED) is 0.693. The average Bonchev–Trinajstić information content (AvgIpc) is 3.13. The second-order valence-electron chi connectivity index (χ2n) is 6.57. The molecule has 0 saturated carbocycles. The first-order valence-electron chi connectivity index (χ1n) is 8.93. The van der Waals surface area contributed by atoms with E-state index in [4.69, 9.17) is 16.3 Å². The first-order chi connectivity index (χ1) is 11.8. The van der Waals surface area contributed by atoms with Gasteiger partial charge in [-0.15, -0.1) is 0 Å². The Morgan fingerprint density at radius 3 is 2.58 bits per heavy atom. The van der Waals surface area contributed by atoms with Crippen LogP contribution in [0.3, 0.4) is 0 Å². The summed E-state index contributed by atoms with van der Waals surface area (Å²) in [5, 5.41) is 4.37. The topological polar surface area (TPSA) is 21.3 Å². The maximum atomic E-state index is 6.05. The molecule has 2 aromatic rings. The fraction of sp³-hybridized carbons (Fsp3) is 0.429. The zero-order valence-corrected chi connectivity index (χ0v) is 14.8. The summed E-state index contributed by atoms with van der Waals surface area (Å²) in [4.78, 5) is 0. The number of nitrogens with one attached hydrogen (secondary N) is 1. The number of benzene rings is 2. The highest BCUT2D eigenvalue weighted by atomic mass is 35.5. The van der Waals surface area contributed by atoms with Crippen molar-refractivity contribution in [3.05, 3.63) is 70.7 Å². The van der Waals surface area contributed by atoms with E-state index in [9.17, 15) is 0 Å². The Morgan fingerprint density at radius 1 is 1.08 bits per heavy atom. The molecule has 0 aliphatic carbocycles. The zero-order chi connectivity index (χ0) is 16.6. The van der Waals surface area contributed by atoms with Crippen LogP contribution in [0.1, 0.15) is 36.3 Å². The molecule has 3 rings (SSSR count). The maximum absolute atomic E-state index is 6.05. The van der Waals surface area contributed by atoms with Crippen molar-refractivity contribution in [3.63, 3.8) is 0 Å². The molecule has 0 spiro atoms. The van der Waals surface area contributed by atoms with Crippen LogP contribution < -0.4 is 5.32 Å². The Kier molecular flexibility index (Phi) is 6.71. The number of ether oxygens (including phenoxy) is 1. The largest absolute Gasteiger partial charge is 0.377 e. The molecule has 2 nitrogen and oxygen atoms in total. The first-order valence-corrected chi connectivity index (χ1v) is 9.31. The van der Waals surface area contributed by atoms with Gasteiger partial charge in [0, 0.05) is 18.2 Å². The van der Waals surface area contributed by atoms with E-state index in [0.29, 0.717) is 12.0 Å². The maximum Gasteiger partial charge on any atom is 0.0700 e. The second kappa shape index (κ2) is 9.22. The molecule has 1 heterocycles. The van der Waals surface area contributed by atoms with Crippen LogP contribution in [0.15, 0.2) is 54.6 Å². The summed E-state index contributed by atoms with van der Waals surface area (Å²) in [5.41, 5.74) is 2.75. The zero-order valence-electron chi connectivity index (χ0n) is 14.1. The monoisotopic (exact) mass is 343 g/mol. The molecular weight excluding hydrogens is 318 g/mol. The summed E-state index contributed by atoms with van der Waals surface area (Å²) in [5.74, 6) is 0.502. The smallest absolute Gasteiger partial charge is 0.0700 e. The third-order valence-corrected chi connectivity index (χ3v) is 4.98. The van der Waals surface area contributed by atoms with Gasteiger partial charge >= 0.3 is 0 Å². The third-order valence-electron chi connectivity index (χ3n) is 4.73. The highest BCUT2D eigenvalue weighted by Gasteiger charge is 2.16. The second-order valence-corrected chi connectivity index (χ2v) is 7.00. The molecule has 24 heavy (non-hydrogen) atoms. The van der Waals surface area contributed by atoms with Crippen molar-refractivity contribution in [2.75, 3.05) is 19.7 Å². The number of hydrogen-bond acceptors (Lipinski definition) is 2. The highest BCUT2D eigenvalue weighted by molar-refractivity contribution is 6.30. The van der Waals surface area contributed by atoms with Crippen LogP contribution in [0.2, 0.25) is 5.02 Å². The van der Waals surface area contributed by atoms with E-state index in [1.54, 1.807) is 0 Å². The summed E-state index contributed by atoms with van der Waals surface area (Å²) in [6.07, 6.45) is 4.98. The standard InChI is InChI=1S/C21H26ClNO/c22-20-10-8-18(9-11-20)19(15-17-5-2-1-3-6-17)12-13-23-16-21-7-4-14-24-21/h1-3,5-6,8-11,19,21,23H,4,7,12-16H2. The Balaban J connectivity index is 1.57. The van der Waals surface area contributed by atoms with Gasteiger partial charge in [-0.05, 0) is 61.4 Å². The molecule has 0 aromatic heterocycles. The molecule has 1 saturated heterocycles. The van der Waals surface area contributed by atoms with Gasteiger partial charge in [0.1, 0.15) is 0 Å². The predicted octanol–water partition coefficient (Wildman–Crippen LogP) is 4.83. The summed E-state index contributed by atoms with van der Waals surface area (Å²) >= 11 is 6.05. The Morgan fingerprint density at radius 2 is 1.88 bits per heavy atom. The van der Waals surface area contributed by atoms with Crippen LogP contribution in [0.25, 0.3) is 0 Å².